The Morgan fingerprint density at radius 3 is 2.10 bits per heavy atom. The van der Waals surface area contributed by atoms with Crippen molar-refractivity contribution < 1.29 is 14.2 Å². The Labute approximate surface area is 124 Å². The molecule has 2 rings (SSSR count). The Bertz CT molecular complexity index is 679. The molecule has 106 valence electrons. The van der Waals surface area contributed by atoms with Crippen molar-refractivity contribution in [2.45, 2.75) is 17.1 Å². The number of hydrogen-bond acceptors (Lipinski definition) is 2. The first-order chi connectivity index (χ1) is 9.45. The summed E-state index contributed by atoms with van der Waals surface area (Å²) >= 11 is 5.84. The van der Waals surface area contributed by atoms with E-state index in [4.69, 9.17) is 11.6 Å². The van der Waals surface area contributed by atoms with Crippen LogP contribution in [0.1, 0.15) is 16.4 Å². The smallest absolute Gasteiger partial charge is 0.190 e. The lowest BCUT2D eigenvalue weighted by molar-refractivity contribution is -0.367. The minimum atomic E-state index is -3.44. The molecule has 0 fully saturated rings. The van der Waals surface area contributed by atoms with Crippen LogP contribution in [0, 0.1) is 6.92 Å². The standard InChI is InChI=1S/C15H16ClNO2S/c1-11-2-8-14(9-3-11)20(18,19)15(10-17)12-4-6-13(16)7-5-12/h2-9,15H,10,17H2,1H3/p+1/t15-/m1/s1. The maximum Gasteiger partial charge on any atom is 0.190 e. The third-order valence-corrected chi connectivity index (χ3v) is 5.67. The van der Waals surface area contributed by atoms with Gasteiger partial charge >= 0.3 is 0 Å². The van der Waals surface area contributed by atoms with Gasteiger partial charge in [0.05, 0.1) is 11.4 Å². The van der Waals surface area contributed by atoms with Gasteiger partial charge in [-0.25, -0.2) is 8.42 Å². The average molecular weight is 311 g/mol. The van der Waals surface area contributed by atoms with E-state index in [-0.39, 0.29) is 6.54 Å². The van der Waals surface area contributed by atoms with Crippen molar-refractivity contribution in [2.24, 2.45) is 0 Å². The third-order valence-electron chi connectivity index (χ3n) is 3.23. The lowest BCUT2D eigenvalue weighted by atomic mass is 10.1. The summed E-state index contributed by atoms with van der Waals surface area (Å²) < 4.78 is 25.4. The van der Waals surface area contributed by atoms with Gasteiger partial charge in [-0.3, -0.25) is 0 Å². The molecule has 2 aromatic carbocycles. The summed E-state index contributed by atoms with van der Waals surface area (Å²) in [6.45, 7) is 2.20. The minimum absolute atomic E-state index is 0.276. The third kappa shape index (κ3) is 3.03. The second-order valence-electron chi connectivity index (χ2n) is 4.69. The van der Waals surface area contributed by atoms with Crippen LogP contribution in [0.25, 0.3) is 0 Å². The molecule has 0 spiro atoms. The first-order valence-electron chi connectivity index (χ1n) is 6.30. The molecule has 0 bridgehead atoms. The van der Waals surface area contributed by atoms with Crippen LogP contribution in [-0.2, 0) is 9.84 Å². The van der Waals surface area contributed by atoms with Gasteiger partial charge in [-0.15, -0.1) is 0 Å². The number of halogens is 1. The molecule has 5 heteroatoms. The summed E-state index contributed by atoms with van der Waals surface area (Å²) in [6, 6.07) is 13.8. The van der Waals surface area contributed by atoms with E-state index in [1.807, 2.05) is 6.92 Å². The maximum absolute atomic E-state index is 12.7. The van der Waals surface area contributed by atoms with Gasteiger partial charge in [0.25, 0.3) is 0 Å². The van der Waals surface area contributed by atoms with Crippen molar-refractivity contribution in [3.63, 3.8) is 0 Å². The van der Waals surface area contributed by atoms with Gasteiger partial charge in [0.1, 0.15) is 5.25 Å². The van der Waals surface area contributed by atoms with Gasteiger partial charge in [0.15, 0.2) is 9.84 Å². The first kappa shape index (κ1) is 15.0. The second kappa shape index (κ2) is 5.95. The zero-order chi connectivity index (χ0) is 14.8. The topological polar surface area (TPSA) is 61.8 Å². The van der Waals surface area contributed by atoms with Gasteiger partial charge in [-0.1, -0.05) is 41.4 Å². The normalized spacial score (nSPS) is 13.2. The summed E-state index contributed by atoms with van der Waals surface area (Å²) in [5.74, 6) is 0. The zero-order valence-corrected chi connectivity index (χ0v) is 12.8. The molecule has 0 saturated carbocycles. The number of sulfone groups is 1. The number of quaternary nitrogens is 1. The molecular formula is C15H17ClNO2S+. The van der Waals surface area contributed by atoms with Gasteiger partial charge < -0.3 is 5.73 Å². The fourth-order valence-electron chi connectivity index (χ4n) is 2.07. The van der Waals surface area contributed by atoms with Crippen LogP contribution in [0.2, 0.25) is 5.02 Å². The van der Waals surface area contributed by atoms with Gasteiger partial charge in [0.2, 0.25) is 0 Å². The van der Waals surface area contributed by atoms with Crippen LogP contribution in [0.5, 0.6) is 0 Å². The van der Waals surface area contributed by atoms with E-state index in [1.54, 1.807) is 48.5 Å². The predicted octanol–water partition coefficient (Wildman–Crippen LogP) is 2.41. The van der Waals surface area contributed by atoms with E-state index in [9.17, 15) is 8.42 Å². The molecule has 2 aromatic rings. The summed E-state index contributed by atoms with van der Waals surface area (Å²) in [5.41, 5.74) is 5.52. The average Bonchev–Trinajstić information content (AvgIpc) is 2.42. The summed E-state index contributed by atoms with van der Waals surface area (Å²) in [4.78, 5) is 0.326. The van der Waals surface area contributed by atoms with Crippen LogP contribution >= 0.6 is 11.6 Å². The van der Waals surface area contributed by atoms with Crippen LogP contribution in [0.3, 0.4) is 0 Å². The number of rotatable bonds is 4. The van der Waals surface area contributed by atoms with Gasteiger partial charge in [-0.05, 0) is 36.8 Å². The fourth-order valence-corrected chi connectivity index (χ4v) is 3.87. The van der Waals surface area contributed by atoms with Crippen molar-refractivity contribution in [2.75, 3.05) is 6.54 Å². The highest BCUT2D eigenvalue weighted by molar-refractivity contribution is 7.91. The summed E-state index contributed by atoms with van der Waals surface area (Å²) in [6.07, 6.45) is 0. The molecule has 0 aliphatic rings. The van der Waals surface area contributed by atoms with E-state index in [0.717, 1.165) is 5.56 Å². The number of aryl methyl sites for hydroxylation is 1. The van der Waals surface area contributed by atoms with Crippen molar-refractivity contribution in [1.29, 1.82) is 0 Å². The molecule has 3 N–H and O–H groups in total. The lowest BCUT2D eigenvalue weighted by Gasteiger charge is -2.15. The van der Waals surface area contributed by atoms with E-state index in [1.165, 1.54) is 0 Å². The van der Waals surface area contributed by atoms with Gasteiger partial charge in [-0.2, -0.15) is 0 Å². The van der Waals surface area contributed by atoms with Crippen LogP contribution in [0.15, 0.2) is 53.4 Å². The number of benzene rings is 2. The van der Waals surface area contributed by atoms with Crippen LogP contribution in [0.4, 0.5) is 0 Å². The van der Waals surface area contributed by atoms with Gasteiger partial charge in [0, 0.05) is 5.02 Å². The largest absolute Gasteiger partial charge is 0.356 e. The molecule has 3 nitrogen and oxygen atoms in total. The Morgan fingerprint density at radius 1 is 1.05 bits per heavy atom. The highest BCUT2D eigenvalue weighted by atomic mass is 35.5. The monoisotopic (exact) mass is 310 g/mol. The zero-order valence-electron chi connectivity index (χ0n) is 11.2. The molecule has 0 aliphatic carbocycles. The molecule has 20 heavy (non-hydrogen) atoms. The molecule has 0 heterocycles. The highest BCUT2D eigenvalue weighted by Gasteiger charge is 2.29. The molecule has 0 unspecified atom stereocenters. The van der Waals surface area contributed by atoms with E-state index >= 15 is 0 Å². The SMILES string of the molecule is Cc1ccc(S(=O)(=O)[C@H](C[NH3+])c2ccc(Cl)cc2)cc1. The van der Waals surface area contributed by atoms with E-state index in [2.05, 4.69) is 5.73 Å². The van der Waals surface area contributed by atoms with Crippen molar-refractivity contribution >= 4 is 21.4 Å². The second-order valence-corrected chi connectivity index (χ2v) is 7.25. The molecule has 0 aliphatic heterocycles. The van der Waals surface area contributed by atoms with Crippen LogP contribution < -0.4 is 5.73 Å². The van der Waals surface area contributed by atoms with E-state index in [0.29, 0.717) is 15.5 Å². The quantitative estimate of drug-likeness (QED) is 0.942. The Balaban J connectivity index is 2.44. The van der Waals surface area contributed by atoms with E-state index < -0.39 is 15.1 Å². The first-order valence-corrected chi connectivity index (χ1v) is 8.23. The molecule has 0 saturated heterocycles. The fraction of sp³-hybridized carbons (Fsp3) is 0.200. The van der Waals surface area contributed by atoms with Crippen molar-refractivity contribution in [3.8, 4) is 0 Å². The summed E-state index contributed by atoms with van der Waals surface area (Å²) in [5, 5.41) is -0.0632. The summed E-state index contributed by atoms with van der Waals surface area (Å²) in [7, 11) is -3.44. The molecule has 0 radical (unpaired) electrons. The molecular weight excluding hydrogens is 294 g/mol. The van der Waals surface area contributed by atoms with Crippen molar-refractivity contribution in [3.05, 3.63) is 64.7 Å². The molecule has 0 aromatic heterocycles. The molecule has 0 amide bonds. The Morgan fingerprint density at radius 2 is 1.60 bits per heavy atom. The maximum atomic E-state index is 12.7. The highest BCUT2D eigenvalue weighted by Crippen LogP contribution is 2.28. The lowest BCUT2D eigenvalue weighted by Crippen LogP contribution is -2.54. The Hall–Kier alpha value is -1.36. The van der Waals surface area contributed by atoms with Crippen molar-refractivity contribution in [1.82, 2.24) is 0 Å². The predicted molar refractivity (Wildman–Crippen MR) is 80.3 cm³/mol. The Kier molecular flexibility index (Phi) is 4.48. The minimum Gasteiger partial charge on any atom is -0.356 e. The number of hydrogen-bond donors (Lipinski definition) is 1. The van der Waals surface area contributed by atoms with Crippen LogP contribution in [-0.4, -0.2) is 15.0 Å². The molecule has 1 atom stereocenters.